The third-order valence-electron chi connectivity index (χ3n) is 1.53. The second kappa shape index (κ2) is 5.17. The Balaban J connectivity index is 2.93. The lowest BCUT2D eigenvalue weighted by Gasteiger charge is -2.08. The van der Waals surface area contributed by atoms with Crippen molar-refractivity contribution in [1.82, 2.24) is 5.43 Å². The molecule has 0 aromatic heterocycles. The quantitative estimate of drug-likeness (QED) is 0.433. The SMILES string of the molecule is CCOC(=O)/C(C#N)=C1/C=CC(Cl)=NN1. The predicted molar refractivity (Wildman–Crippen MR) is 54.8 cm³/mol. The number of nitriles is 1. The smallest absolute Gasteiger partial charge is 0.351 e. The first-order chi connectivity index (χ1) is 7.19. The Kier molecular flexibility index (Phi) is 3.89. The van der Waals surface area contributed by atoms with Gasteiger partial charge in [-0.15, -0.1) is 0 Å². The molecular formula is C9H8ClN3O2. The number of halogens is 1. The van der Waals surface area contributed by atoms with Gasteiger partial charge in [0.1, 0.15) is 11.2 Å². The number of nitrogens with zero attached hydrogens (tertiary/aromatic N) is 2. The molecule has 0 bridgehead atoms. The van der Waals surface area contributed by atoms with E-state index in [1.807, 2.05) is 0 Å². The van der Waals surface area contributed by atoms with Crippen molar-refractivity contribution in [2.75, 3.05) is 6.61 Å². The molecule has 0 aromatic rings. The number of ether oxygens (including phenoxy) is 1. The number of nitrogens with one attached hydrogen (secondary N) is 1. The zero-order chi connectivity index (χ0) is 11.3. The minimum absolute atomic E-state index is 0.124. The molecule has 0 unspecified atom stereocenters. The van der Waals surface area contributed by atoms with E-state index in [1.54, 1.807) is 13.0 Å². The van der Waals surface area contributed by atoms with E-state index in [0.717, 1.165) is 0 Å². The maximum Gasteiger partial charge on any atom is 0.351 e. The zero-order valence-corrected chi connectivity index (χ0v) is 8.71. The van der Waals surface area contributed by atoms with Crippen molar-refractivity contribution >= 4 is 22.7 Å². The van der Waals surface area contributed by atoms with Crippen LogP contribution in [0.3, 0.4) is 0 Å². The predicted octanol–water partition coefficient (Wildman–Crippen LogP) is 1.04. The molecule has 0 saturated heterocycles. The number of hydrogen-bond donors (Lipinski definition) is 1. The molecule has 5 nitrogen and oxygen atoms in total. The average molecular weight is 226 g/mol. The van der Waals surface area contributed by atoms with Crippen molar-refractivity contribution in [3.8, 4) is 6.07 Å². The Morgan fingerprint density at radius 1 is 1.73 bits per heavy atom. The molecule has 0 fully saturated rings. The summed E-state index contributed by atoms with van der Waals surface area (Å²) < 4.78 is 4.70. The fourth-order valence-electron chi connectivity index (χ4n) is 0.899. The number of carbonyl (C=O) groups excluding carboxylic acids is 1. The van der Waals surface area contributed by atoms with Crippen LogP contribution in [0.25, 0.3) is 0 Å². The monoisotopic (exact) mass is 225 g/mol. The highest BCUT2D eigenvalue weighted by Crippen LogP contribution is 2.09. The van der Waals surface area contributed by atoms with Crippen LogP contribution in [0.15, 0.2) is 28.5 Å². The van der Waals surface area contributed by atoms with Gasteiger partial charge in [-0.2, -0.15) is 10.4 Å². The van der Waals surface area contributed by atoms with Crippen molar-refractivity contribution < 1.29 is 9.53 Å². The molecule has 0 aromatic carbocycles. The van der Waals surface area contributed by atoms with Gasteiger partial charge < -0.3 is 4.74 Å². The first kappa shape index (κ1) is 11.3. The van der Waals surface area contributed by atoms with Crippen LogP contribution in [0, 0.1) is 11.3 Å². The second-order valence-electron chi connectivity index (χ2n) is 2.50. The van der Waals surface area contributed by atoms with Crippen LogP contribution in [0.1, 0.15) is 6.92 Å². The standard InChI is InChI=1S/C9H8ClN3O2/c1-2-15-9(14)6(5-11)7-3-4-8(10)13-12-7/h3-4,12H,2H2,1H3/b7-6-. The molecule has 0 atom stereocenters. The molecule has 0 amide bonds. The van der Waals surface area contributed by atoms with E-state index < -0.39 is 5.97 Å². The van der Waals surface area contributed by atoms with Gasteiger partial charge in [0.15, 0.2) is 5.57 Å². The lowest BCUT2D eigenvalue weighted by molar-refractivity contribution is -0.138. The van der Waals surface area contributed by atoms with Crippen LogP contribution < -0.4 is 5.43 Å². The van der Waals surface area contributed by atoms with Crippen LogP contribution in [0.4, 0.5) is 0 Å². The lowest BCUT2D eigenvalue weighted by Crippen LogP contribution is -2.17. The van der Waals surface area contributed by atoms with Gasteiger partial charge in [0, 0.05) is 0 Å². The molecule has 15 heavy (non-hydrogen) atoms. The van der Waals surface area contributed by atoms with Crippen molar-refractivity contribution in [3.05, 3.63) is 23.4 Å². The van der Waals surface area contributed by atoms with E-state index in [1.165, 1.54) is 12.2 Å². The highest BCUT2D eigenvalue weighted by atomic mass is 35.5. The number of hydrazone groups is 1. The summed E-state index contributed by atoms with van der Waals surface area (Å²) in [7, 11) is 0. The number of hydrogen-bond acceptors (Lipinski definition) is 5. The van der Waals surface area contributed by atoms with Gasteiger partial charge >= 0.3 is 5.97 Å². The van der Waals surface area contributed by atoms with Crippen LogP contribution in [-0.4, -0.2) is 17.7 Å². The zero-order valence-electron chi connectivity index (χ0n) is 7.95. The Labute approximate surface area is 91.7 Å². The minimum atomic E-state index is -0.680. The Morgan fingerprint density at radius 2 is 2.47 bits per heavy atom. The van der Waals surface area contributed by atoms with Gasteiger partial charge in [-0.3, -0.25) is 5.43 Å². The summed E-state index contributed by atoms with van der Waals surface area (Å²) in [5.41, 5.74) is 2.64. The molecule has 1 aliphatic rings. The Morgan fingerprint density at radius 3 is 2.93 bits per heavy atom. The molecule has 78 valence electrons. The number of allylic oxidation sites excluding steroid dienone is 2. The molecule has 1 heterocycles. The van der Waals surface area contributed by atoms with Crippen molar-refractivity contribution in [2.24, 2.45) is 5.10 Å². The molecule has 1 rings (SSSR count). The van der Waals surface area contributed by atoms with E-state index >= 15 is 0 Å². The normalized spacial score (nSPS) is 17.3. The molecular weight excluding hydrogens is 218 g/mol. The maximum atomic E-state index is 11.3. The van der Waals surface area contributed by atoms with E-state index in [2.05, 4.69) is 10.5 Å². The summed E-state index contributed by atoms with van der Waals surface area (Å²) in [6.07, 6.45) is 2.97. The van der Waals surface area contributed by atoms with Crippen LogP contribution in [0.2, 0.25) is 0 Å². The molecule has 0 spiro atoms. The molecule has 0 saturated carbocycles. The van der Waals surface area contributed by atoms with Crippen molar-refractivity contribution in [2.45, 2.75) is 6.92 Å². The van der Waals surface area contributed by atoms with E-state index in [9.17, 15) is 4.79 Å². The van der Waals surface area contributed by atoms with Crippen molar-refractivity contribution in [3.63, 3.8) is 0 Å². The Bertz CT molecular complexity index is 404. The first-order valence-corrected chi connectivity index (χ1v) is 4.55. The second-order valence-corrected chi connectivity index (χ2v) is 2.89. The van der Waals surface area contributed by atoms with Crippen LogP contribution in [0.5, 0.6) is 0 Å². The molecule has 1 N–H and O–H groups in total. The van der Waals surface area contributed by atoms with Gasteiger partial charge in [0.2, 0.25) is 0 Å². The van der Waals surface area contributed by atoms with Crippen molar-refractivity contribution in [1.29, 1.82) is 5.26 Å². The van der Waals surface area contributed by atoms with Gasteiger partial charge in [-0.1, -0.05) is 11.6 Å². The highest BCUT2D eigenvalue weighted by molar-refractivity contribution is 6.68. The van der Waals surface area contributed by atoms with E-state index in [0.29, 0.717) is 0 Å². The minimum Gasteiger partial charge on any atom is -0.462 e. The molecule has 1 aliphatic heterocycles. The third kappa shape index (κ3) is 2.82. The number of carbonyl (C=O) groups is 1. The maximum absolute atomic E-state index is 11.3. The number of esters is 1. The van der Waals surface area contributed by atoms with Gasteiger partial charge in [0.05, 0.1) is 12.3 Å². The van der Waals surface area contributed by atoms with E-state index in [4.69, 9.17) is 21.6 Å². The van der Waals surface area contributed by atoms with Crippen LogP contribution >= 0.6 is 11.6 Å². The third-order valence-corrected chi connectivity index (χ3v) is 1.74. The largest absolute Gasteiger partial charge is 0.462 e. The van der Waals surface area contributed by atoms with Crippen LogP contribution in [-0.2, 0) is 9.53 Å². The summed E-state index contributed by atoms with van der Waals surface area (Å²) in [5.74, 6) is -0.680. The Hall–Kier alpha value is -1.80. The topological polar surface area (TPSA) is 74.5 Å². The fraction of sp³-hybridized carbons (Fsp3) is 0.222. The lowest BCUT2D eigenvalue weighted by atomic mass is 10.2. The summed E-state index contributed by atoms with van der Waals surface area (Å²) in [5, 5.41) is 12.7. The summed E-state index contributed by atoms with van der Waals surface area (Å²) >= 11 is 5.55. The average Bonchev–Trinajstić information content (AvgIpc) is 2.22. The first-order valence-electron chi connectivity index (χ1n) is 4.17. The van der Waals surface area contributed by atoms with E-state index in [-0.39, 0.29) is 23.0 Å². The molecule has 6 heteroatoms. The molecule has 0 radical (unpaired) electrons. The summed E-state index contributed by atoms with van der Waals surface area (Å²) in [6.45, 7) is 1.88. The number of rotatable bonds is 2. The van der Waals surface area contributed by atoms with Gasteiger partial charge in [0.25, 0.3) is 0 Å². The fourth-order valence-corrected chi connectivity index (χ4v) is 1.00. The van der Waals surface area contributed by atoms with Gasteiger partial charge in [-0.25, -0.2) is 4.79 Å². The summed E-state index contributed by atoms with van der Waals surface area (Å²) in [6, 6.07) is 1.75. The molecule has 0 aliphatic carbocycles. The van der Waals surface area contributed by atoms with Gasteiger partial charge in [-0.05, 0) is 19.1 Å². The highest BCUT2D eigenvalue weighted by Gasteiger charge is 2.16. The summed E-state index contributed by atoms with van der Waals surface area (Å²) in [4.78, 5) is 11.3.